The maximum Gasteiger partial charge on any atom is 0.258 e. The SMILES string of the molecule is C=CCNC(=O)COc1cccc(/C(C)=N/O)c1. The summed E-state index contributed by atoms with van der Waals surface area (Å²) in [5, 5.41) is 14.4. The molecule has 96 valence electrons. The molecule has 0 fully saturated rings. The van der Waals surface area contributed by atoms with E-state index in [0.29, 0.717) is 18.0 Å². The van der Waals surface area contributed by atoms with Gasteiger partial charge in [-0.15, -0.1) is 6.58 Å². The molecule has 0 atom stereocenters. The van der Waals surface area contributed by atoms with Crippen LogP contribution in [0.1, 0.15) is 12.5 Å². The fourth-order valence-corrected chi connectivity index (χ4v) is 1.25. The number of nitrogens with zero attached hydrogens (tertiary/aromatic N) is 1. The molecule has 1 amide bonds. The van der Waals surface area contributed by atoms with E-state index < -0.39 is 0 Å². The molecule has 0 aliphatic rings. The predicted molar refractivity (Wildman–Crippen MR) is 69.1 cm³/mol. The molecule has 0 aromatic heterocycles. The summed E-state index contributed by atoms with van der Waals surface area (Å²) >= 11 is 0. The van der Waals surface area contributed by atoms with Gasteiger partial charge >= 0.3 is 0 Å². The van der Waals surface area contributed by atoms with Crippen molar-refractivity contribution in [3.63, 3.8) is 0 Å². The van der Waals surface area contributed by atoms with Gasteiger partial charge in [-0.2, -0.15) is 0 Å². The standard InChI is InChI=1S/C13H16N2O3/c1-3-7-14-13(16)9-18-12-6-4-5-11(8-12)10(2)15-17/h3-6,8,17H,1,7,9H2,2H3,(H,14,16)/b15-10+. The number of hydrogen-bond acceptors (Lipinski definition) is 4. The Hall–Kier alpha value is -2.30. The molecular formula is C13H16N2O3. The van der Waals surface area contributed by atoms with Crippen molar-refractivity contribution < 1.29 is 14.7 Å². The Kier molecular flexibility index (Phi) is 5.44. The number of ether oxygens (including phenoxy) is 1. The molecule has 0 bridgehead atoms. The molecule has 1 aromatic rings. The first-order valence-electron chi connectivity index (χ1n) is 5.47. The van der Waals surface area contributed by atoms with Crippen LogP contribution in [-0.2, 0) is 4.79 Å². The van der Waals surface area contributed by atoms with Crippen LogP contribution < -0.4 is 10.1 Å². The second-order valence-electron chi connectivity index (χ2n) is 3.59. The van der Waals surface area contributed by atoms with E-state index in [-0.39, 0.29) is 12.5 Å². The van der Waals surface area contributed by atoms with E-state index in [1.165, 1.54) is 0 Å². The Morgan fingerprint density at radius 3 is 3.06 bits per heavy atom. The van der Waals surface area contributed by atoms with Crippen LogP contribution in [-0.4, -0.2) is 30.0 Å². The molecule has 5 nitrogen and oxygen atoms in total. The van der Waals surface area contributed by atoms with E-state index in [4.69, 9.17) is 9.94 Å². The number of nitrogens with one attached hydrogen (secondary N) is 1. The number of carbonyl (C=O) groups is 1. The highest BCUT2D eigenvalue weighted by molar-refractivity contribution is 5.98. The lowest BCUT2D eigenvalue weighted by Gasteiger charge is -2.07. The van der Waals surface area contributed by atoms with Crippen LogP contribution in [0.25, 0.3) is 0 Å². The van der Waals surface area contributed by atoms with Gasteiger partial charge in [0.15, 0.2) is 6.61 Å². The molecule has 0 radical (unpaired) electrons. The molecule has 0 aliphatic heterocycles. The van der Waals surface area contributed by atoms with E-state index in [9.17, 15) is 4.79 Å². The first-order chi connectivity index (χ1) is 8.67. The maximum atomic E-state index is 11.3. The monoisotopic (exact) mass is 248 g/mol. The van der Waals surface area contributed by atoms with E-state index in [1.807, 2.05) is 0 Å². The van der Waals surface area contributed by atoms with Crippen molar-refractivity contribution in [1.29, 1.82) is 0 Å². The van der Waals surface area contributed by atoms with Crippen LogP contribution in [0.15, 0.2) is 42.1 Å². The molecule has 0 aliphatic carbocycles. The lowest BCUT2D eigenvalue weighted by Crippen LogP contribution is -2.28. The van der Waals surface area contributed by atoms with Gasteiger partial charge < -0.3 is 15.3 Å². The lowest BCUT2D eigenvalue weighted by atomic mass is 10.1. The summed E-state index contributed by atoms with van der Waals surface area (Å²) in [7, 11) is 0. The highest BCUT2D eigenvalue weighted by atomic mass is 16.5. The van der Waals surface area contributed by atoms with Crippen molar-refractivity contribution in [3.05, 3.63) is 42.5 Å². The molecule has 2 N–H and O–H groups in total. The van der Waals surface area contributed by atoms with E-state index in [1.54, 1.807) is 37.3 Å². The van der Waals surface area contributed by atoms with Crippen LogP contribution in [0, 0.1) is 0 Å². The second-order valence-corrected chi connectivity index (χ2v) is 3.59. The third-order valence-electron chi connectivity index (χ3n) is 2.22. The lowest BCUT2D eigenvalue weighted by molar-refractivity contribution is -0.122. The zero-order valence-corrected chi connectivity index (χ0v) is 10.2. The summed E-state index contributed by atoms with van der Waals surface area (Å²) < 4.78 is 5.32. The zero-order chi connectivity index (χ0) is 13.4. The molecule has 1 aromatic carbocycles. The summed E-state index contributed by atoms with van der Waals surface area (Å²) in [6.45, 7) is 5.53. The predicted octanol–water partition coefficient (Wildman–Crippen LogP) is 1.57. The van der Waals surface area contributed by atoms with Gasteiger partial charge in [0.2, 0.25) is 0 Å². The fraction of sp³-hybridized carbons (Fsp3) is 0.231. The van der Waals surface area contributed by atoms with Crippen LogP contribution in [0.5, 0.6) is 5.75 Å². The molecule has 18 heavy (non-hydrogen) atoms. The summed E-state index contributed by atoms with van der Waals surface area (Å²) in [4.78, 5) is 11.3. The van der Waals surface area contributed by atoms with E-state index >= 15 is 0 Å². The van der Waals surface area contributed by atoms with Crippen LogP contribution >= 0.6 is 0 Å². The van der Waals surface area contributed by atoms with Crippen LogP contribution in [0.3, 0.4) is 0 Å². The van der Waals surface area contributed by atoms with Crippen molar-refractivity contribution in [2.45, 2.75) is 6.92 Å². The topological polar surface area (TPSA) is 70.9 Å². The van der Waals surface area contributed by atoms with Crippen molar-refractivity contribution in [2.24, 2.45) is 5.16 Å². The van der Waals surface area contributed by atoms with E-state index in [0.717, 1.165) is 5.56 Å². The van der Waals surface area contributed by atoms with Gasteiger partial charge in [-0.1, -0.05) is 23.4 Å². The number of rotatable bonds is 6. The smallest absolute Gasteiger partial charge is 0.258 e. The molecule has 1 rings (SSSR count). The molecule has 5 heteroatoms. The largest absolute Gasteiger partial charge is 0.484 e. The minimum atomic E-state index is -0.215. The van der Waals surface area contributed by atoms with Gasteiger partial charge in [0, 0.05) is 12.1 Å². The van der Waals surface area contributed by atoms with Gasteiger partial charge in [-0.25, -0.2) is 0 Å². The second kappa shape index (κ2) is 7.11. The van der Waals surface area contributed by atoms with Gasteiger partial charge in [-0.05, 0) is 19.1 Å². The number of oxime groups is 1. The molecular weight excluding hydrogens is 232 g/mol. The quantitative estimate of drug-likeness (QED) is 0.347. The highest BCUT2D eigenvalue weighted by Gasteiger charge is 2.03. The summed E-state index contributed by atoms with van der Waals surface area (Å²) in [5.74, 6) is 0.331. The minimum Gasteiger partial charge on any atom is -0.484 e. The van der Waals surface area contributed by atoms with E-state index in [2.05, 4.69) is 17.1 Å². The molecule has 0 heterocycles. The van der Waals surface area contributed by atoms with Crippen LogP contribution in [0.2, 0.25) is 0 Å². The summed E-state index contributed by atoms with van der Waals surface area (Å²) in [6.07, 6.45) is 1.60. The highest BCUT2D eigenvalue weighted by Crippen LogP contribution is 2.13. The molecule has 0 spiro atoms. The third kappa shape index (κ3) is 4.29. The maximum absolute atomic E-state index is 11.3. The minimum absolute atomic E-state index is 0.0629. The summed E-state index contributed by atoms with van der Waals surface area (Å²) in [6, 6.07) is 6.99. The number of benzene rings is 1. The Balaban J connectivity index is 2.57. The Bertz CT molecular complexity index is 455. The number of hydrogen-bond donors (Lipinski definition) is 2. The fourth-order valence-electron chi connectivity index (χ4n) is 1.25. The van der Waals surface area contributed by atoms with Crippen molar-refractivity contribution in [3.8, 4) is 5.75 Å². The average molecular weight is 248 g/mol. The van der Waals surface area contributed by atoms with Gasteiger partial charge in [0.05, 0.1) is 5.71 Å². The Morgan fingerprint density at radius 1 is 1.61 bits per heavy atom. The number of amides is 1. The summed E-state index contributed by atoms with van der Waals surface area (Å²) in [5.41, 5.74) is 1.22. The van der Waals surface area contributed by atoms with Gasteiger partial charge in [-0.3, -0.25) is 4.79 Å². The average Bonchev–Trinajstić information content (AvgIpc) is 2.42. The van der Waals surface area contributed by atoms with Crippen molar-refractivity contribution >= 4 is 11.6 Å². The molecule has 0 unspecified atom stereocenters. The zero-order valence-electron chi connectivity index (χ0n) is 10.2. The third-order valence-corrected chi connectivity index (χ3v) is 2.22. The molecule has 0 saturated carbocycles. The Labute approximate surface area is 106 Å². The van der Waals surface area contributed by atoms with Crippen molar-refractivity contribution in [1.82, 2.24) is 5.32 Å². The van der Waals surface area contributed by atoms with Crippen molar-refractivity contribution in [2.75, 3.05) is 13.2 Å². The van der Waals surface area contributed by atoms with Gasteiger partial charge in [0.1, 0.15) is 5.75 Å². The Morgan fingerprint density at radius 2 is 2.39 bits per heavy atom. The molecule has 0 saturated heterocycles. The van der Waals surface area contributed by atoms with Crippen LogP contribution in [0.4, 0.5) is 0 Å². The normalized spacial score (nSPS) is 10.8. The first kappa shape index (κ1) is 13.8. The first-order valence-corrected chi connectivity index (χ1v) is 5.47. The van der Waals surface area contributed by atoms with Gasteiger partial charge in [0.25, 0.3) is 5.91 Å². The number of carbonyl (C=O) groups excluding carboxylic acids is 1.